The van der Waals surface area contributed by atoms with Crippen LogP contribution >= 0.6 is 11.3 Å². The summed E-state index contributed by atoms with van der Waals surface area (Å²) in [5.41, 5.74) is 0.654. The largest absolute Gasteiger partial charge is 0.495 e. The lowest BCUT2D eigenvalue weighted by Crippen LogP contribution is -2.44. The predicted molar refractivity (Wildman–Crippen MR) is 99.5 cm³/mol. The zero-order valence-electron chi connectivity index (χ0n) is 14.2. The average molecular weight is 361 g/mol. The monoisotopic (exact) mass is 361 g/mol. The van der Waals surface area contributed by atoms with E-state index in [1.807, 2.05) is 30.3 Å². The van der Waals surface area contributed by atoms with Gasteiger partial charge in [0.05, 0.1) is 32.1 Å². The van der Waals surface area contributed by atoms with Crippen molar-refractivity contribution in [3.63, 3.8) is 0 Å². The van der Waals surface area contributed by atoms with E-state index in [2.05, 4.69) is 27.0 Å². The molecule has 6 nitrogen and oxygen atoms in total. The number of methoxy groups -OCH3 is 1. The van der Waals surface area contributed by atoms with Crippen molar-refractivity contribution < 1.29 is 14.3 Å². The number of ether oxygens (including phenoxy) is 2. The van der Waals surface area contributed by atoms with Gasteiger partial charge in [0, 0.05) is 24.5 Å². The van der Waals surface area contributed by atoms with Gasteiger partial charge in [0.2, 0.25) is 0 Å². The number of nitrogens with one attached hydrogen (secondary N) is 2. The normalized spacial score (nSPS) is 16.2. The quantitative estimate of drug-likeness (QED) is 0.830. The minimum absolute atomic E-state index is 0.160. The van der Waals surface area contributed by atoms with E-state index in [-0.39, 0.29) is 12.1 Å². The Balaban J connectivity index is 1.61. The van der Waals surface area contributed by atoms with Gasteiger partial charge in [-0.2, -0.15) is 0 Å². The summed E-state index contributed by atoms with van der Waals surface area (Å²) >= 11 is 1.71. The van der Waals surface area contributed by atoms with E-state index >= 15 is 0 Å². The van der Waals surface area contributed by atoms with E-state index in [4.69, 9.17) is 9.47 Å². The van der Waals surface area contributed by atoms with Crippen LogP contribution in [0.25, 0.3) is 0 Å². The highest BCUT2D eigenvalue weighted by atomic mass is 32.1. The zero-order chi connectivity index (χ0) is 17.5. The second-order valence-electron chi connectivity index (χ2n) is 5.71. The summed E-state index contributed by atoms with van der Waals surface area (Å²) in [5, 5.41) is 7.90. The minimum atomic E-state index is -0.237. The maximum absolute atomic E-state index is 12.3. The van der Waals surface area contributed by atoms with Gasteiger partial charge >= 0.3 is 6.03 Å². The lowest BCUT2D eigenvalue weighted by molar-refractivity contribution is 0.0175. The summed E-state index contributed by atoms with van der Waals surface area (Å²) in [4.78, 5) is 15.9. The third kappa shape index (κ3) is 4.72. The summed E-state index contributed by atoms with van der Waals surface area (Å²) < 4.78 is 10.7. The van der Waals surface area contributed by atoms with E-state index in [0.717, 1.165) is 26.3 Å². The fraction of sp³-hybridized carbons (Fsp3) is 0.389. The van der Waals surface area contributed by atoms with Crippen LogP contribution in [-0.4, -0.2) is 50.9 Å². The van der Waals surface area contributed by atoms with Crippen molar-refractivity contribution in [3.05, 3.63) is 46.7 Å². The van der Waals surface area contributed by atoms with Crippen LogP contribution in [0.15, 0.2) is 41.8 Å². The van der Waals surface area contributed by atoms with Crippen LogP contribution in [0.2, 0.25) is 0 Å². The molecule has 134 valence electrons. The van der Waals surface area contributed by atoms with Gasteiger partial charge < -0.3 is 20.1 Å². The first kappa shape index (κ1) is 17.7. The summed E-state index contributed by atoms with van der Waals surface area (Å²) in [7, 11) is 1.59. The lowest BCUT2D eigenvalue weighted by atomic mass is 10.2. The van der Waals surface area contributed by atoms with E-state index in [9.17, 15) is 4.79 Å². The number of carbonyl (C=O) groups is 1. The molecule has 7 heteroatoms. The van der Waals surface area contributed by atoms with Gasteiger partial charge in [-0.3, -0.25) is 4.90 Å². The topological polar surface area (TPSA) is 62.8 Å². The summed E-state index contributed by atoms with van der Waals surface area (Å²) in [5.74, 6) is 0.639. The molecule has 0 aliphatic carbocycles. The SMILES string of the molecule is COc1ccccc1NC(=O)NCC(c1cccs1)N1CCOCC1. The molecule has 1 fully saturated rings. The Morgan fingerprint density at radius 1 is 1.28 bits per heavy atom. The van der Waals surface area contributed by atoms with Gasteiger partial charge in [0.15, 0.2) is 0 Å². The number of morpholine rings is 1. The van der Waals surface area contributed by atoms with Crippen molar-refractivity contribution in [2.45, 2.75) is 6.04 Å². The van der Waals surface area contributed by atoms with Crippen molar-refractivity contribution in [3.8, 4) is 5.75 Å². The molecule has 0 spiro atoms. The molecule has 0 bridgehead atoms. The molecular weight excluding hydrogens is 338 g/mol. The first-order chi connectivity index (χ1) is 12.3. The first-order valence-corrected chi connectivity index (χ1v) is 9.19. The molecule has 0 radical (unpaired) electrons. The number of hydrogen-bond acceptors (Lipinski definition) is 5. The van der Waals surface area contributed by atoms with Gasteiger partial charge in [-0.15, -0.1) is 11.3 Å². The summed E-state index contributed by atoms with van der Waals surface area (Å²) in [6, 6.07) is 11.4. The Morgan fingerprint density at radius 2 is 2.08 bits per heavy atom. The maximum atomic E-state index is 12.3. The molecular formula is C18H23N3O3S. The predicted octanol–water partition coefficient (Wildman–Crippen LogP) is 2.95. The third-order valence-electron chi connectivity index (χ3n) is 4.17. The van der Waals surface area contributed by atoms with Crippen molar-refractivity contribution >= 4 is 23.1 Å². The summed E-state index contributed by atoms with van der Waals surface area (Å²) in [6.45, 7) is 3.75. The van der Waals surface area contributed by atoms with Crippen LogP contribution in [0.4, 0.5) is 10.5 Å². The van der Waals surface area contributed by atoms with E-state index in [0.29, 0.717) is 18.0 Å². The fourth-order valence-electron chi connectivity index (χ4n) is 2.88. The molecule has 1 aromatic carbocycles. The second kappa shape index (κ2) is 8.84. The van der Waals surface area contributed by atoms with Crippen LogP contribution in [0.3, 0.4) is 0 Å². The molecule has 1 aromatic heterocycles. The fourth-order valence-corrected chi connectivity index (χ4v) is 3.74. The first-order valence-electron chi connectivity index (χ1n) is 8.31. The Morgan fingerprint density at radius 3 is 2.80 bits per heavy atom. The number of nitrogens with zero attached hydrogens (tertiary/aromatic N) is 1. The van der Waals surface area contributed by atoms with Gasteiger partial charge in [-0.25, -0.2) is 4.79 Å². The number of carbonyl (C=O) groups excluding carboxylic acids is 1. The molecule has 1 atom stereocenters. The van der Waals surface area contributed by atoms with Crippen molar-refractivity contribution in [2.24, 2.45) is 0 Å². The number of anilines is 1. The van der Waals surface area contributed by atoms with E-state index in [1.54, 1.807) is 18.4 Å². The Kier molecular flexibility index (Phi) is 6.27. The Hall–Kier alpha value is -2.09. The Bertz CT molecular complexity index is 672. The number of thiophene rings is 1. The molecule has 1 saturated heterocycles. The van der Waals surface area contributed by atoms with Crippen LogP contribution in [-0.2, 0) is 4.74 Å². The maximum Gasteiger partial charge on any atom is 0.319 e. The Labute approximate surface area is 151 Å². The highest BCUT2D eigenvalue weighted by molar-refractivity contribution is 7.10. The van der Waals surface area contributed by atoms with Gasteiger partial charge in [0.1, 0.15) is 5.75 Å². The molecule has 1 unspecified atom stereocenters. The molecule has 1 aliphatic rings. The number of benzene rings is 1. The highest BCUT2D eigenvalue weighted by Gasteiger charge is 2.24. The van der Waals surface area contributed by atoms with Gasteiger partial charge in [-0.05, 0) is 23.6 Å². The molecule has 25 heavy (non-hydrogen) atoms. The summed E-state index contributed by atoms with van der Waals surface area (Å²) in [6.07, 6.45) is 0. The molecule has 0 saturated carbocycles. The number of amides is 2. The molecule has 2 N–H and O–H groups in total. The van der Waals surface area contributed by atoms with Crippen molar-refractivity contribution in [1.29, 1.82) is 0 Å². The molecule has 3 rings (SSSR count). The molecule has 2 heterocycles. The van der Waals surface area contributed by atoms with E-state index < -0.39 is 0 Å². The lowest BCUT2D eigenvalue weighted by Gasteiger charge is -2.34. The number of para-hydroxylation sites is 2. The smallest absolute Gasteiger partial charge is 0.319 e. The second-order valence-corrected chi connectivity index (χ2v) is 6.69. The number of rotatable bonds is 6. The molecule has 2 aromatic rings. The molecule has 1 aliphatic heterocycles. The van der Waals surface area contributed by atoms with Crippen molar-refractivity contribution in [1.82, 2.24) is 10.2 Å². The van der Waals surface area contributed by atoms with Gasteiger partial charge in [-0.1, -0.05) is 18.2 Å². The average Bonchev–Trinajstić information content (AvgIpc) is 3.18. The van der Waals surface area contributed by atoms with Crippen LogP contribution in [0, 0.1) is 0 Å². The van der Waals surface area contributed by atoms with Crippen LogP contribution < -0.4 is 15.4 Å². The number of hydrogen-bond donors (Lipinski definition) is 2. The molecule has 2 amide bonds. The standard InChI is InChI=1S/C18H23N3O3S/c1-23-16-6-3-2-5-14(16)20-18(22)19-13-15(17-7-4-12-25-17)21-8-10-24-11-9-21/h2-7,12,15H,8-11,13H2,1H3,(H2,19,20,22). The van der Waals surface area contributed by atoms with Crippen LogP contribution in [0.1, 0.15) is 10.9 Å². The third-order valence-corrected chi connectivity index (χ3v) is 5.14. The zero-order valence-corrected chi connectivity index (χ0v) is 15.1. The number of urea groups is 1. The van der Waals surface area contributed by atoms with Crippen molar-refractivity contribution in [2.75, 3.05) is 45.3 Å². The minimum Gasteiger partial charge on any atom is -0.495 e. The van der Waals surface area contributed by atoms with Crippen LogP contribution in [0.5, 0.6) is 5.75 Å². The highest BCUT2D eigenvalue weighted by Crippen LogP contribution is 2.26. The van der Waals surface area contributed by atoms with Gasteiger partial charge in [0.25, 0.3) is 0 Å². The van der Waals surface area contributed by atoms with E-state index in [1.165, 1.54) is 4.88 Å².